The number of amides is 2. The average molecular weight is 486 g/mol. The van der Waals surface area contributed by atoms with Crippen molar-refractivity contribution in [3.8, 4) is 0 Å². The van der Waals surface area contributed by atoms with Crippen molar-refractivity contribution in [3.05, 3.63) is 99.6 Å². The maximum absolute atomic E-state index is 13.9. The van der Waals surface area contributed by atoms with Gasteiger partial charge in [-0.15, -0.1) is 0 Å². The number of carbonyl (C=O) groups excluding carboxylic acids is 4. The zero-order chi connectivity index (χ0) is 24.6. The van der Waals surface area contributed by atoms with Crippen LogP contribution in [0.3, 0.4) is 0 Å². The van der Waals surface area contributed by atoms with E-state index in [-0.39, 0.29) is 11.1 Å². The van der Waals surface area contributed by atoms with Gasteiger partial charge in [0.05, 0.1) is 23.6 Å². The van der Waals surface area contributed by atoms with Crippen LogP contribution in [0.15, 0.2) is 66.7 Å². The molecule has 35 heavy (non-hydrogen) atoms. The Morgan fingerprint density at radius 3 is 2.14 bits per heavy atom. The van der Waals surface area contributed by atoms with Gasteiger partial charge in [-0.25, -0.2) is 4.90 Å². The molecule has 6 rings (SSSR count). The van der Waals surface area contributed by atoms with E-state index in [1.54, 1.807) is 48.5 Å². The predicted molar refractivity (Wildman–Crippen MR) is 129 cm³/mol. The molecule has 1 spiro atoms. The molecule has 3 unspecified atom stereocenters. The fraction of sp³-hybridized carbons (Fsp3) is 0.214. The summed E-state index contributed by atoms with van der Waals surface area (Å²) in [5, 5.41) is 0.404. The number of carbonyl (C=O) groups is 4. The molecule has 174 valence electrons. The molecular weight excluding hydrogens is 466 g/mol. The van der Waals surface area contributed by atoms with Crippen LogP contribution in [0.25, 0.3) is 0 Å². The van der Waals surface area contributed by atoms with Crippen LogP contribution in [0.5, 0.6) is 0 Å². The highest BCUT2D eigenvalue weighted by Gasteiger charge is 2.74. The smallest absolute Gasteiger partial charge is 0.241 e. The Labute approximate surface area is 206 Å². The van der Waals surface area contributed by atoms with Crippen LogP contribution >= 0.6 is 11.6 Å². The van der Waals surface area contributed by atoms with E-state index in [1.807, 2.05) is 32.0 Å². The third kappa shape index (κ3) is 2.81. The van der Waals surface area contributed by atoms with Crippen molar-refractivity contribution >= 4 is 40.7 Å². The van der Waals surface area contributed by atoms with Crippen molar-refractivity contribution in [1.82, 2.24) is 0 Å². The van der Waals surface area contributed by atoms with Crippen LogP contribution < -0.4 is 4.90 Å². The van der Waals surface area contributed by atoms with E-state index in [9.17, 15) is 19.2 Å². The van der Waals surface area contributed by atoms with Gasteiger partial charge >= 0.3 is 0 Å². The van der Waals surface area contributed by atoms with Crippen molar-refractivity contribution in [2.24, 2.45) is 11.8 Å². The van der Waals surface area contributed by atoms with E-state index in [0.717, 1.165) is 16.0 Å². The van der Waals surface area contributed by atoms with Crippen molar-refractivity contribution in [1.29, 1.82) is 0 Å². The van der Waals surface area contributed by atoms with Crippen molar-refractivity contribution in [2.75, 3.05) is 4.90 Å². The minimum atomic E-state index is -2.08. The molecule has 6 nitrogen and oxygen atoms in total. The van der Waals surface area contributed by atoms with Gasteiger partial charge < -0.3 is 4.74 Å². The van der Waals surface area contributed by atoms with E-state index >= 15 is 0 Å². The summed E-state index contributed by atoms with van der Waals surface area (Å²) in [5.74, 6) is -4.62. The monoisotopic (exact) mass is 485 g/mol. The lowest BCUT2D eigenvalue weighted by atomic mass is 9.77. The summed E-state index contributed by atoms with van der Waals surface area (Å²) in [7, 11) is 0. The average Bonchev–Trinajstić information content (AvgIpc) is 3.41. The molecule has 2 aliphatic heterocycles. The van der Waals surface area contributed by atoms with Gasteiger partial charge in [0, 0.05) is 16.1 Å². The normalized spacial score (nSPS) is 24.4. The van der Waals surface area contributed by atoms with Crippen LogP contribution in [0.2, 0.25) is 5.02 Å². The van der Waals surface area contributed by atoms with E-state index in [1.165, 1.54) is 0 Å². The van der Waals surface area contributed by atoms with Crippen LogP contribution in [0, 0.1) is 25.7 Å². The van der Waals surface area contributed by atoms with E-state index in [0.29, 0.717) is 16.3 Å². The maximum atomic E-state index is 13.9. The Hall–Kier alpha value is -3.61. The van der Waals surface area contributed by atoms with Crippen LogP contribution in [0.4, 0.5) is 5.69 Å². The number of nitrogens with zero attached hydrogens (tertiary/aromatic N) is 1. The molecule has 0 saturated carbocycles. The minimum Gasteiger partial charge on any atom is -0.349 e. The molecule has 0 aromatic heterocycles. The molecule has 0 bridgehead atoms. The summed E-state index contributed by atoms with van der Waals surface area (Å²) in [5.41, 5.74) is 0.991. The zero-order valence-corrected chi connectivity index (χ0v) is 19.7. The van der Waals surface area contributed by atoms with Gasteiger partial charge in [-0.1, -0.05) is 71.8 Å². The third-order valence-corrected chi connectivity index (χ3v) is 7.71. The Bertz CT molecular complexity index is 1440. The Kier molecular flexibility index (Phi) is 4.66. The molecule has 0 N–H and O–H groups in total. The third-order valence-electron chi connectivity index (χ3n) is 7.30. The van der Waals surface area contributed by atoms with Gasteiger partial charge in [-0.05, 0) is 37.1 Å². The van der Waals surface area contributed by atoms with Crippen LogP contribution in [0.1, 0.15) is 43.5 Å². The summed E-state index contributed by atoms with van der Waals surface area (Å²) in [6.45, 7) is 3.72. The Morgan fingerprint density at radius 1 is 0.829 bits per heavy atom. The van der Waals surface area contributed by atoms with Crippen molar-refractivity contribution in [3.63, 3.8) is 0 Å². The zero-order valence-electron chi connectivity index (χ0n) is 18.9. The van der Waals surface area contributed by atoms with Crippen LogP contribution in [-0.2, 0) is 14.3 Å². The van der Waals surface area contributed by atoms with Gasteiger partial charge in [0.1, 0.15) is 0 Å². The molecular formula is C28H20ClNO5. The SMILES string of the molecule is Cc1cccc(C2OC3(C(=O)c4ccccc4C3=O)C3C(=O)N(c4ccc(C)c(Cl)c4)C(=O)C23)c1. The fourth-order valence-electron chi connectivity index (χ4n) is 5.64. The molecule has 2 heterocycles. The highest BCUT2D eigenvalue weighted by atomic mass is 35.5. The first-order chi connectivity index (χ1) is 16.8. The molecule has 2 saturated heterocycles. The van der Waals surface area contributed by atoms with E-state index in [2.05, 4.69) is 0 Å². The highest BCUT2D eigenvalue weighted by molar-refractivity contribution is 6.37. The molecule has 3 aromatic rings. The summed E-state index contributed by atoms with van der Waals surface area (Å²) in [6.07, 6.45) is -0.940. The molecule has 1 aliphatic carbocycles. The first-order valence-electron chi connectivity index (χ1n) is 11.3. The number of benzene rings is 3. The molecule has 0 radical (unpaired) electrons. The largest absolute Gasteiger partial charge is 0.349 e. The maximum Gasteiger partial charge on any atom is 0.241 e. The summed E-state index contributed by atoms with van der Waals surface area (Å²) < 4.78 is 6.30. The molecule has 7 heteroatoms. The number of anilines is 1. The Balaban J connectivity index is 1.55. The van der Waals surface area contributed by atoms with Crippen molar-refractivity contribution < 1.29 is 23.9 Å². The topological polar surface area (TPSA) is 80.8 Å². The Morgan fingerprint density at radius 2 is 1.51 bits per heavy atom. The number of Topliss-reactive ketones (excluding diaryl/α,β-unsaturated/α-hetero) is 2. The lowest BCUT2D eigenvalue weighted by molar-refractivity contribution is -0.127. The van der Waals surface area contributed by atoms with Crippen LogP contribution in [-0.4, -0.2) is 29.0 Å². The van der Waals surface area contributed by atoms with Crippen molar-refractivity contribution in [2.45, 2.75) is 25.6 Å². The van der Waals surface area contributed by atoms with E-state index in [4.69, 9.17) is 16.3 Å². The van der Waals surface area contributed by atoms with Gasteiger partial charge in [-0.3, -0.25) is 19.2 Å². The molecule has 3 atom stereocenters. The number of rotatable bonds is 2. The van der Waals surface area contributed by atoms with Gasteiger partial charge in [0.25, 0.3) is 0 Å². The van der Waals surface area contributed by atoms with E-state index < -0.39 is 46.9 Å². The number of ketones is 2. The number of ether oxygens (including phenoxy) is 1. The molecule has 2 fully saturated rings. The van der Waals surface area contributed by atoms with Gasteiger partial charge in [0.2, 0.25) is 29.0 Å². The quantitative estimate of drug-likeness (QED) is 0.390. The fourth-order valence-corrected chi connectivity index (χ4v) is 5.82. The first kappa shape index (κ1) is 21.9. The second-order valence-electron chi connectivity index (χ2n) is 9.34. The number of fused-ring (bicyclic) bond motifs is 3. The number of hydrogen-bond acceptors (Lipinski definition) is 5. The minimum absolute atomic E-state index is 0.207. The van der Waals surface area contributed by atoms with Gasteiger partial charge in [0.15, 0.2) is 0 Å². The summed E-state index contributed by atoms with van der Waals surface area (Å²) >= 11 is 6.30. The summed E-state index contributed by atoms with van der Waals surface area (Å²) in [4.78, 5) is 56.3. The molecule has 2 amide bonds. The molecule has 3 aliphatic rings. The predicted octanol–water partition coefficient (Wildman–Crippen LogP) is 4.65. The number of hydrogen-bond donors (Lipinski definition) is 0. The number of aryl methyl sites for hydroxylation is 2. The summed E-state index contributed by atoms with van der Waals surface area (Å²) in [6, 6.07) is 18.7. The molecule has 3 aromatic carbocycles. The number of imide groups is 1. The lowest BCUT2D eigenvalue weighted by Crippen LogP contribution is -2.51. The first-order valence-corrected chi connectivity index (χ1v) is 11.7. The highest BCUT2D eigenvalue weighted by Crippen LogP contribution is 2.57. The lowest BCUT2D eigenvalue weighted by Gasteiger charge is -2.27. The second kappa shape index (κ2) is 7.44. The van der Waals surface area contributed by atoms with Gasteiger partial charge in [-0.2, -0.15) is 0 Å². The second-order valence-corrected chi connectivity index (χ2v) is 9.75. The number of halogens is 1. The standard InChI is InChI=1S/C28H20ClNO5/c1-14-6-5-7-16(12-14)23-21-22(27(34)30(26(21)33)17-11-10-15(2)20(29)13-17)28(35-23)24(31)18-8-3-4-9-19(18)25(28)32/h3-13,21-23H,1-2H3.